The molecule has 0 aliphatic carbocycles. The van der Waals surface area contributed by atoms with E-state index >= 15 is 8.78 Å². The highest BCUT2D eigenvalue weighted by Gasteiger charge is 2.72. The minimum atomic E-state index is -6.94. The molecule has 4 unspecified atom stereocenters. The molecule has 26 nitrogen and oxygen atoms in total. The molecule has 0 saturated carbocycles. The maximum absolute atomic E-state index is 15.2. The summed E-state index contributed by atoms with van der Waals surface area (Å²) in [6, 6.07) is -1.18. The first-order valence-corrected chi connectivity index (χ1v) is 23.1. The van der Waals surface area contributed by atoms with Crippen molar-refractivity contribution in [2.75, 3.05) is 18.9 Å². The lowest BCUT2D eigenvalue weighted by atomic mass is 10.1. The SMILES string of the molecule is Cc1cn([C@H]2C[C@H](N=[N+]=[N-])[C@@H](CO[P+](O)([S-])OP(=O)(O)C(F)(F)P(=O)(O)O[P+](O)([S-])OC[C@H]3O[C@@H](n4cnc5c(N)ncnc54)[C@H](O)[C@@H]3O)O2)c(=O)[nH]c1=O. The summed E-state index contributed by atoms with van der Waals surface area (Å²) in [7, 11) is -24.5. The Bertz CT molecular complexity index is 2200. The van der Waals surface area contributed by atoms with Crippen molar-refractivity contribution in [3.8, 4) is 0 Å². The van der Waals surface area contributed by atoms with Crippen molar-refractivity contribution in [2.24, 2.45) is 5.11 Å². The van der Waals surface area contributed by atoms with Crippen LogP contribution in [0.5, 0.6) is 0 Å². The monoisotopic (exact) mass is 902 g/mol. The van der Waals surface area contributed by atoms with Crippen molar-refractivity contribution in [3.05, 3.63) is 55.7 Å². The number of fused-ring (bicyclic) bond motifs is 1. The maximum Gasteiger partial charge on any atom is 0.450 e. The lowest BCUT2D eigenvalue weighted by Gasteiger charge is -2.31. The molecule has 34 heteroatoms. The number of anilines is 1. The number of nitrogen functional groups attached to an aromatic ring is 1. The third kappa shape index (κ3) is 9.23. The number of aliphatic hydroxyl groups excluding tert-OH is 2. The van der Waals surface area contributed by atoms with Gasteiger partial charge in [-0.2, -0.15) is 17.8 Å². The van der Waals surface area contributed by atoms with Crippen LogP contribution in [-0.2, 0) is 60.8 Å². The summed E-state index contributed by atoms with van der Waals surface area (Å²) in [5.74, 6) is -0.0306. The smallest absolute Gasteiger partial charge is 0.450 e. The Balaban J connectivity index is 1.20. The average Bonchev–Trinajstić information content (AvgIpc) is 3.76. The third-order valence-electron chi connectivity index (χ3n) is 7.77. The first kappa shape index (κ1) is 43.9. The van der Waals surface area contributed by atoms with Crippen LogP contribution in [0, 0.1) is 6.92 Å². The lowest BCUT2D eigenvalue weighted by molar-refractivity contribution is -0.0488. The average molecular weight is 903 g/mol. The van der Waals surface area contributed by atoms with Crippen molar-refractivity contribution in [1.82, 2.24) is 29.1 Å². The summed E-state index contributed by atoms with van der Waals surface area (Å²) >= 11 is 9.03. The van der Waals surface area contributed by atoms with Crippen LogP contribution in [0.3, 0.4) is 0 Å². The molecule has 2 fully saturated rings. The Kier molecular flexibility index (Phi) is 12.9. The van der Waals surface area contributed by atoms with Crippen LogP contribution in [0.4, 0.5) is 14.6 Å². The van der Waals surface area contributed by atoms with Gasteiger partial charge in [0.1, 0.15) is 49.6 Å². The topological polar surface area (TPSA) is 384 Å². The second-order valence-electron chi connectivity index (χ2n) is 11.5. The van der Waals surface area contributed by atoms with Gasteiger partial charge in [0.2, 0.25) is 0 Å². The number of nitrogens with one attached hydrogen (secondary N) is 1. The van der Waals surface area contributed by atoms with Gasteiger partial charge in [0.05, 0.1) is 18.5 Å². The zero-order chi connectivity index (χ0) is 40.9. The first-order valence-electron chi connectivity index (χ1n) is 14.8. The van der Waals surface area contributed by atoms with Crippen LogP contribution < -0.4 is 17.0 Å². The zero-order valence-corrected chi connectivity index (χ0v) is 32.4. The van der Waals surface area contributed by atoms with Crippen molar-refractivity contribution in [1.29, 1.82) is 0 Å². The number of hydrogen-bond donors (Lipinski definition) is 8. The highest BCUT2D eigenvalue weighted by Crippen LogP contribution is 2.84. The number of aryl methyl sites for hydroxylation is 1. The molecule has 9 N–H and O–H groups in total. The van der Waals surface area contributed by atoms with E-state index in [1.165, 1.54) is 6.92 Å². The zero-order valence-electron chi connectivity index (χ0n) is 27.2. The Hall–Kier alpha value is -2.26. The van der Waals surface area contributed by atoms with Crippen LogP contribution in [0.1, 0.15) is 24.4 Å². The number of H-pyrrole nitrogens is 1. The van der Waals surface area contributed by atoms with Crippen LogP contribution in [0.2, 0.25) is 0 Å². The maximum atomic E-state index is 15.2. The van der Waals surface area contributed by atoms with Gasteiger partial charge in [-0.1, -0.05) is 5.11 Å². The van der Waals surface area contributed by atoms with E-state index in [9.17, 15) is 48.5 Å². The molecular formula is C21H28F2N10O16P4S2. The summed E-state index contributed by atoms with van der Waals surface area (Å²) in [5, 5.41) is 18.6. The molecule has 0 amide bonds. The number of ether oxygens (including phenoxy) is 2. The van der Waals surface area contributed by atoms with Gasteiger partial charge in [0, 0.05) is 23.1 Å². The van der Waals surface area contributed by atoms with E-state index in [0.29, 0.717) is 0 Å². The molecule has 5 heterocycles. The summed E-state index contributed by atoms with van der Waals surface area (Å²) < 4.78 is 86.5. The summed E-state index contributed by atoms with van der Waals surface area (Å²) in [5.41, 5.74) is 13.3. The normalized spacial score (nSPS) is 28.9. The van der Waals surface area contributed by atoms with Gasteiger partial charge in [0.25, 0.3) is 19.8 Å². The summed E-state index contributed by atoms with van der Waals surface area (Å²) in [4.78, 5) is 81.2. The summed E-state index contributed by atoms with van der Waals surface area (Å²) in [6.45, 7) is -0.693. The first-order chi connectivity index (χ1) is 25.4. The second-order valence-corrected chi connectivity index (χ2v) is 21.5. The molecule has 0 spiro atoms. The molecule has 2 saturated heterocycles. The number of azide groups is 1. The van der Waals surface area contributed by atoms with Gasteiger partial charge in [-0.05, 0) is 12.5 Å². The van der Waals surface area contributed by atoms with Crippen LogP contribution in [-0.4, -0.2) is 108 Å². The van der Waals surface area contributed by atoms with Crippen molar-refractivity contribution in [2.45, 2.75) is 61.7 Å². The molecule has 0 bridgehead atoms. The number of aliphatic hydroxyl groups is 2. The number of nitrogens with zero attached hydrogens (tertiary/aromatic N) is 8. The highest BCUT2D eigenvalue weighted by atomic mass is 32.7. The molecule has 11 atom stereocenters. The summed E-state index contributed by atoms with van der Waals surface area (Å²) in [6.07, 6.45) is -6.11. The molecule has 0 aromatic carbocycles. The fourth-order valence-corrected chi connectivity index (χ4v) is 13.1. The van der Waals surface area contributed by atoms with Crippen molar-refractivity contribution < 1.29 is 74.8 Å². The Morgan fingerprint density at radius 3 is 2.27 bits per heavy atom. The Labute approximate surface area is 315 Å². The van der Waals surface area contributed by atoms with Crippen LogP contribution in [0.15, 0.2) is 33.6 Å². The number of alkyl halides is 2. The largest absolute Gasteiger partial charge is 0.459 e. The quantitative estimate of drug-likeness (QED) is 0.0334. The van der Waals surface area contributed by atoms with E-state index in [2.05, 4.69) is 58.1 Å². The van der Waals surface area contributed by atoms with Gasteiger partial charge in [-0.3, -0.25) is 18.9 Å². The standard InChI is InChI=1S/C21H28F2N10O16P4S2/c1-8-3-32(20(37)29-18(8)36)12-2-9(30-31-25)10(46-12)4-44-52(42,54)48-50(38,39)21(22,23)51(40,41)49-53(43,55)45-5-11-14(34)15(35)19(47-11)33-7-28-13-16(24)26-6-27-17(13)33/h3,6-7,9-12,14-15,19,34-35H,2,4-5H2,1H3,(H,38,39)(H,40,41)(H,42,54)(H,43,55)(H2,24,26,27)(H,29,36,37)/t9-,10+,11+,12+,14+,15+,19+,52?,53?/m0/s1. The van der Waals surface area contributed by atoms with Crippen molar-refractivity contribution in [3.63, 3.8) is 0 Å². The predicted molar refractivity (Wildman–Crippen MR) is 185 cm³/mol. The predicted octanol–water partition coefficient (Wildman–Crippen LogP) is 0.274. The van der Waals surface area contributed by atoms with Gasteiger partial charge < -0.3 is 59.7 Å². The van der Waals surface area contributed by atoms with Gasteiger partial charge >= 0.3 is 26.3 Å². The molecule has 3 aromatic rings. The fourth-order valence-electron chi connectivity index (χ4n) is 5.10. The van der Waals surface area contributed by atoms with Gasteiger partial charge in [-0.25, -0.2) is 38.7 Å². The molecular weight excluding hydrogens is 874 g/mol. The van der Waals surface area contributed by atoms with E-state index in [1.807, 2.05) is 4.98 Å². The number of rotatable bonds is 15. The Morgan fingerprint density at radius 1 is 1.07 bits per heavy atom. The molecule has 3 aromatic heterocycles. The molecule has 2 aliphatic rings. The highest BCUT2D eigenvalue weighted by molar-refractivity contribution is 8.37. The van der Waals surface area contributed by atoms with E-state index in [-0.39, 0.29) is 29.0 Å². The minimum Gasteiger partial charge on any atom is -0.459 e. The van der Waals surface area contributed by atoms with E-state index in [0.717, 1.165) is 28.0 Å². The number of aromatic amines is 1. The number of imidazole rings is 1. The third-order valence-corrected chi connectivity index (χ3v) is 16.9. The van der Waals surface area contributed by atoms with Crippen LogP contribution >= 0.6 is 29.5 Å². The number of aromatic nitrogens is 6. The number of hydrogen-bond acceptors (Lipinski definition) is 21. The molecule has 0 radical (unpaired) electrons. The number of halogens is 2. The van der Waals surface area contributed by atoms with E-state index in [1.54, 1.807) is 0 Å². The van der Waals surface area contributed by atoms with Gasteiger partial charge in [-0.15, -0.1) is 8.62 Å². The number of nitrogens with two attached hydrogens (primary N) is 1. The van der Waals surface area contributed by atoms with Crippen LogP contribution in [0.25, 0.3) is 21.6 Å². The lowest BCUT2D eigenvalue weighted by Crippen LogP contribution is -2.33. The van der Waals surface area contributed by atoms with Gasteiger partial charge in [0.15, 0.2) is 17.7 Å². The van der Waals surface area contributed by atoms with E-state index in [4.69, 9.17) is 29.8 Å². The van der Waals surface area contributed by atoms with E-state index < -0.39 is 102 Å². The Morgan fingerprint density at radius 2 is 1.67 bits per heavy atom. The molecule has 2 aliphatic heterocycles. The molecule has 304 valence electrons. The second kappa shape index (κ2) is 16.2. The fraction of sp³-hybridized carbons (Fsp3) is 0.571. The minimum absolute atomic E-state index is 0.0306. The molecule has 55 heavy (non-hydrogen) atoms. The van der Waals surface area contributed by atoms with Crippen molar-refractivity contribution >= 4 is 71.0 Å². The molecule has 5 rings (SSSR count).